The fraction of sp³-hybridized carbons (Fsp3) is 0.273. The highest BCUT2D eigenvalue weighted by Gasteiger charge is 2.19. The Morgan fingerprint density at radius 1 is 1.47 bits per heavy atom. The first-order valence-electron chi connectivity index (χ1n) is 4.87. The van der Waals surface area contributed by atoms with Crippen molar-refractivity contribution < 1.29 is 24.2 Å². The van der Waals surface area contributed by atoms with E-state index in [1.54, 1.807) is 0 Å². The van der Waals surface area contributed by atoms with Crippen LogP contribution in [0.15, 0.2) is 18.2 Å². The molecule has 1 amide bonds. The summed E-state index contributed by atoms with van der Waals surface area (Å²) in [5, 5.41) is 20.1. The van der Waals surface area contributed by atoms with Crippen LogP contribution < -0.4 is 5.32 Å². The molecule has 0 unspecified atom stereocenters. The van der Waals surface area contributed by atoms with Crippen molar-refractivity contribution in [3.8, 4) is 5.75 Å². The van der Waals surface area contributed by atoms with Crippen LogP contribution in [0.5, 0.6) is 5.75 Å². The molecular weight excluding hydrogens is 229 g/mol. The molecule has 5 nitrogen and oxygen atoms in total. The lowest BCUT2D eigenvalue weighted by atomic mass is 10.1. The summed E-state index contributed by atoms with van der Waals surface area (Å²) in [5.74, 6) is -3.00. The lowest BCUT2D eigenvalue weighted by Crippen LogP contribution is -2.41. The van der Waals surface area contributed by atoms with E-state index < -0.39 is 29.5 Å². The first-order chi connectivity index (χ1) is 7.90. The third-order valence-electron chi connectivity index (χ3n) is 2.13. The second kappa shape index (κ2) is 5.29. The van der Waals surface area contributed by atoms with E-state index in [2.05, 4.69) is 5.32 Å². The van der Waals surface area contributed by atoms with Gasteiger partial charge in [0.25, 0.3) is 0 Å². The molecular formula is C11H12FNO4. The first-order valence-corrected chi connectivity index (χ1v) is 4.87. The maximum Gasteiger partial charge on any atom is 0.326 e. The molecule has 1 atom stereocenters. The highest BCUT2D eigenvalue weighted by Crippen LogP contribution is 2.17. The van der Waals surface area contributed by atoms with Gasteiger partial charge in [-0.2, -0.15) is 0 Å². The smallest absolute Gasteiger partial charge is 0.326 e. The van der Waals surface area contributed by atoms with Gasteiger partial charge in [0.2, 0.25) is 5.91 Å². The largest absolute Gasteiger partial charge is 0.505 e. The molecule has 0 aliphatic carbocycles. The summed E-state index contributed by atoms with van der Waals surface area (Å²) in [4.78, 5) is 21.6. The fourth-order valence-corrected chi connectivity index (χ4v) is 1.36. The van der Waals surface area contributed by atoms with Crippen LogP contribution in [-0.2, 0) is 16.0 Å². The number of hydrogen-bond donors (Lipinski definition) is 3. The molecule has 1 aromatic rings. The number of rotatable bonds is 4. The van der Waals surface area contributed by atoms with Crippen molar-refractivity contribution in [1.29, 1.82) is 0 Å². The molecule has 0 saturated carbocycles. The van der Waals surface area contributed by atoms with Crippen molar-refractivity contribution >= 4 is 11.9 Å². The molecule has 92 valence electrons. The van der Waals surface area contributed by atoms with E-state index in [0.29, 0.717) is 5.56 Å². The Labute approximate surface area is 96.9 Å². The Morgan fingerprint density at radius 2 is 2.12 bits per heavy atom. The van der Waals surface area contributed by atoms with Crippen molar-refractivity contribution in [1.82, 2.24) is 5.32 Å². The molecule has 0 bridgehead atoms. The summed E-state index contributed by atoms with van der Waals surface area (Å²) in [5.41, 5.74) is 0.376. The summed E-state index contributed by atoms with van der Waals surface area (Å²) in [6.45, 7) is 1.20. The van der Waals surface area contributed by atoms with Crippen LogP contribution in [0.4, 0.5) is 4.39 Å². The summed E-state index contributed by atoms with van der Waals surface area (Å²) >= 11 is 0. The fourth-order valence-electron chi connectivity index (χ4n) is 1.36. The molecule has 17 heavy (non-hydrogen) atoms. The number of aliphatic carboxylic acids is 1. The predicted molar refractivity (Wildman–Crippen MR) is 57.0 cm³/mol. The number of nitrogens with one attached hydrogen (secondary N) is 1. The molecule has 0 aromatic heterocycles. The molecule has 0 radical (unpaired) electrons. The van der Waals surface area contributed by atoms with Gasteiger partial charge >= 0.3 is 5.97 Å². The van der Waals surface area contributed by atoms with Crippen LogP contribution >= 0.6 is 0 Å². The highest BCUT2D eigenvalue weighted by atomic mass is 19.1. The molecule has 0 spiro atoms. The zero-order valence-corrected chi connectivity index (χ0v) is 9.11. The number of carboxylic acids is 1. The van der Waals surface area contributed by atoms with Gasteiger partial charge in [0.05, 0.1) is 0 Å². The standard InChI is InChI=1S/C11H12FNO4/c1-6(14)13-9(11(16)17)5-7-2-3-10(15)8(12)4-7/h2-4,9,15H,5H2,1H3,(H,13,14)(H,16,17)/t9-/m0/s1. The van der Waals surface area contributed by atoms with E-state index in [-0.39, 0.29) is 6.42 Å². The number of aromatic hydroxyl groups is 1. The second-order valence-electron chi connectivity index (χ2n) is 3.58. The molecule has 1 aromatic carbocycles. The summed E-state index contributed by atoms with van der Waals surface area (Å²) < 4.78 is 13.0. The lowest BCUT2D eigenvalue weighted by Gasteiger charge is -2.13. The minimum atomic E-state index is -1.20. The van der Waals surface area contributed by atoms with Gasteiger partial charge in [0.1, 0.15) is 6.04 Å². The van der Waals surface area contributed by atoms with Gasteiger partial charge in [0, 0.05) is 13.3 Å². The molecule has 0 heterocycles. The van der Waals surface area contributed by atoms with Crippen LogP contribution in [0.2, 0.25) is 0 Å². The number of carbonyl (C=O) groups is 2. The van der Waals surface area contributed by atoms with Gasteiger partial charge < -0.3 is 15.5 Å². The maximum atomic E-state index is 13.0. The third kappa shape index (κ3) is 3.75. The minimum absolute atomic E-state index is 0.0495. The Morgan fingerprint density at radius 3 is 2.59 bits per heavy atom. The zero-order chi connectivity index (χ0) is 13.0. The van der Waals surface area contributed by atoms with Gasteiger partial charge in [-0.1, -0.05) is 6.07 Å². The quantitative estimate of drug-likeness (QED) is 0.722. The number of phenolic OH excluding ortho intramolecular Hbond substituents is 1. The highest BCUT2D eigenvalue weighted by molar-refractivity contribution is 5.82. The number of phenols is 1. The lowest BCUT2D eigenvalue weighted by molar-refractivity contribution is -0.141. The van der Waals surface area contributed by atoms with E-state index >= 15 is 0 Å². The van der Waals surface area contributed by atoms with Crippen LogP contribution in [0.1, 0.15) is 12.5 Å². The van der Waals surface area contributed by atoms with Crippen molar-refractivity contribution in [2.24, 2.45) is 0 Å². The number of halogens is 1. The van der Waals surface area contributed by atoms with Gasteiger partial charge in [-0.25, -0.2) is 9.18 Å². The third-order valence-corrected chi connectivity index (χ3v) is 2.13. The van der Waals surface area contributed by atoms with E-state index in [4.69, 9.17) is 10.2 Å². The number of amides is 1. The molecule has 3 N–H and O–H groups in total. The van der Waals surface area contributed by atoms with E-state index in [0.717, 1.165) is 12.1 Å². The Balaban J connectivity index is 2.82. The molecule has 0 saturated heterocycles. The Hall–Kier alpha value is -2.11. The first kappa shape index (κ1) is 13.0. The van der Waals surface area contributed by atoms with Crippen LogP contribution in [0.3, 0.4) is 0 Å². The molecule has 0 aliphatic heterocycles. The summed E-state index contributed by atoms with van der Waals surface area (Å²) in [6.07, 6.45) is -0.0495. The van der Waals surface area contributed by atoms with E-state index in [1.807, 2.05) is 0 Å². The van der Waals surface area contributed by atoms with Crippen LogP contribution in [-0.4, -0.2) is 28.1 Å². The van der Waals surface area contributed by atoms with Gasteiger partial charge in [0.15, 0.2) is 11.6 Å². The normalized spacial score (nSPS) is 11.9. The van der Waals surface area contributed by atoms with Gasteiger partial charge in [-0.3, -0.25) is 4.79 Å². The average Bonchev–Trinajstić information content (AvgIpc) is 2.21. The monoisotopic (exact) mass is 241 g/mol. The van der Waals surface area contributed by atoms with Crippen LogP contribution in [0, 0.1) is 5.82 Å². The SMILES string of the molecule is CC(=O)N[C@@H](Cc1ccc(O)c(F)c1)C(=O)O. The topological polar surface area (TPSA) is 86.6 Å². The minimum Gasteiger partial charge on any atom is -0.505 e. The molecule has 0 fully saturated rings. The maximum absolute atomic E-state index is 13.0. The Kier molecular flexibility index (Phi) is 4.03. The van der Waals surface area contributed by atoms with Crippen molar-refractivity contribution in [3.05, 3.63) is 29.6 Å². The van der Waals surface area contributed by atoms with E-state index in [1.165, 1.54) is 13.0 Å². The number of benzene rings is 1. The van der Waals surface area contributed by atoms with Crippen LogP contribution in [0.25, 0.3) is 0 Å². The average molecular weight is 241 g/mol. The van der Waals surface area contributed by atoms with Crippen molar-refractivity contribution in [2.45, 2.75) is 19.4 Å². The Bertz CT molecular complexity index is 447. The van der Waals surface area contributed by atoms with Gasteiger partial charge in [-0.15, -0.1) is 0 Å². The molecule has 6 heteroatoms. The van der Waals surface area contributed by atoms with Crippen molar-refractivity contribution in [2.75, 3.05) is 0 Å². The zero-order valence-electron chi connectivity index (χ0n) is 9.11. The molecule has 1 rings (SSSR count). The second-order valence-corrected chi connectivity index (χ2v) is 3.58. The predicted octanol–water partition coefficient (Wildman–Crippen LogP) is 0.663. The number of carboxylic acid groups (broad SMARTS) is 1. The summed E-state index contributed by atoms with van der Waals surface area (Å²) in [6, 6.07) is 2.46. The van der Waals surface area contributed by atoms with Gasteiger partial charge in [-0.05, 0) is 17.7 Å². The number of hydrogen-bond acceptors (Lipinski definition) is 3. The van der Waals surface area contributed by atoms with Crippen molar-refractivity contribution in [3.63, 3.8) is 0 Å². The van der Waals surface area contributed by atoms with E-state index in [9.17, 15) is 14.0 Å². The number of carbonyl (C=O) groups excluding carboxylic acids is 1. The summed E-state index contributed by atoms with van der Waals surface area (Å²) in [7, 11) is 0. The molecule has 0 aliphatic rings.